The number of aliphatic imine (C=N–C) groups is 1. The number of nitrogens with zero attached hydrogens (tertiary/aromatic N) is 4. The van der Waals surface area contributed by atoms with Crippen LogP contribution in [0.3, 0.4) is 0 Å². The van der Waals surface area contributed by atoms with E-state index in [0.717, 1.165) is 38.4 Å². The van der Waals surface area contributed by atoms with E-state index in [1.807, 2.05) is 6.07 Å². The van der Waals surface area contributed by atoms with Gasteiger partial charge < -0.3 is 19.5 Å². The second-order valence-corrected chi connectivity index (χ2v) is 6.31. The standard InChI is InChI=1S/C18H22F3N5O2.HI/c1-22-17(23-12-14-4-2-3-5-16(14)28-18(19,20)21)26-9-7-25(8-10-26)13-15-6-11-27-24-15;/h2-6,11H,7-10,12-13H2,1H3,(H,22,23);1H. The SMILES string of the molecule is CN=C(NCc1ccccc1OC(F)(F)F)N1CCN(Cc2ccon2)CC1.I. The van der Waals surface area contributed by atoms with E-state index in [1.54, 1.807) is 25.4 Å². The number of hydrogen-bond donors (Lipinski definition) is 1. The third-order valence-electron chi connectivity index (χ3n) is 4.40. The van der Waals surface area contributed by atoms with Gasteiger partial charge in [-0.25, -0.2) is 0 Å². The Kier molecular flexibility index (Phi) is 8.56. The van der Waals surface area contributed by atoms with Crippen LogP contribution < -0.4 is 10.1 Å². The molecule has 1 aliphatic heterocycles. The molecule has 7 nitrogen and oxygen atoms in total. The van der Waals surface area contributed by atoms with Crippen molar-refractivity contribution < 1.29 is 22.4 Å². The second kappa shape index (κ2) is 10.7. The van der Waals surface area contributed by atoms with Gasteiger partial charge >= 0.3 is 6.36 Å². The summed E-state index contributed by atoms with van der Waals surface area (Å²) in [4.78, 5) is 8.59. The molecule has 1 fully saturated rings. The smallest absolute Gasteiger partial charge is 0.405 e. The molecule has 1 aromatic heterocycles. The van der Waals surface area contributed by atoms with Crippen molar-refractivity contribution in [2.45, 2.75) is 19.5 Å². The molecule has 0 aliphatic carbocycles. The fourth-order valence-corrected chi connectivity index (χ4v) is 3.05. The number of benzene rings is 1. The molecule has 1 aromatic carbocycles. The summed E-state index contributed by atoms with van der Waals surface area (Å²) in [7, 11) is 1.65. The number of ether oxygens (including phenoxy) is 1. The molecule has 29 heavy (non-hydrogen) atoms. The molecule has 0 radical (unpaired) electrons. The van der Waals surface area contributed by atoms with Crippen molar-refractivity contribution in [3.05, 3.63) is 47.9 Å². The summed E-state index contributed by atoms with van der Waals surface area (Å²) in [6.07, 6.45) is -3.17. The first-order valence-electron chi connectivity index (χ1n) is 8.85. The molecule has 3 rings (SSSR count). The summed E-state index contributed by atoms with van der Waals surface area (Å²) in [5.41, 5.74) is 1.29. The van der Waals surface area contributed by atoms with Crippen molar-refractivity contribution in [2.24, 2.45) is 4.99 Å². The molecular weight excluding hydrogens is 502 g/mol. The van der Waals surface area contributed by atoms with E-state index in [9.17, 15) is 13.2 Å². The molecule has 2 heterocycles. The lowest BCUT2D eigenvalue weighted by Crippen LogP contribution is -2.52. The topological polar surface area (TPSA) is 66.1 Å². The van der Waals surface area contributed by atoms with Crippen molar-refractivity contribution in [1.82, 2.24) is 20.3 Å². The number of hydrogen-bond acceptors (Lipinski definition) is 5. The minimum Gasteiger partial charge on any atom is -0.405 e. The van der Waals surface area contributed by atoms with Gasteiger partial charge in [-0.2, -0.15) is 0 Å². The zero-order valence-corrected chi connectivity index (χ0v) is 18.2. The molecule has 0 unspecified atom stereocenters. The number of piperazine rings is 1. The van der Waals surface area contributed by atoms with E-state index < -0.39 is 6.36 Å². The fraction of sp³-hybridized carbons (Fsp3) is 0.444. The number of alkyl halides is 3. The predicted molar refractivity (Wildman–Crippen MR) is 112 cm³/mol. The number of rotatable bonds is 5. The first kappa shape index (κ1) is 23.3. The van der Waals surface area contributed by atoms with Crippen molar-refractivity contribution in [2.75, 3.05) is 33.2 Å². The zero-order valence-electron chi connectivity index (χ0n) is 15.9. The Balaban J connectivity index is 0.00000300. The van der Waals surface area contributed by atoms with Gasteiger partial charge in [0.15, 0.2) is 5.96 Å². The molecule has 1 aliphatic rings. The summed E-state index contributed by atoms with van der Waals surface area (Å²) in [6, 6.07) is 7.92. The van der Waals surface area contributed by atoms with E-state index in [2.05, 4.69) is 30.0 Å². The second-order valence-electron chi connectivity index (χ2n) is 6.31. The fourth-order valence-electron chi connectivity index (χ4n) is 3.05. The number of para-hydroxylation sites is 1. The lowest BCUT2D eigenvalue weighted by Gasteiger charge is -2.36. The monoisotopic (exact) mass is 525 g/mol. The average molecular weight is 525 g/mol. The highest BCUT2D eigenvalue weighted by Gasteiger charge is 2.32. The van der Waals surface area contributed by atoms with Crippen LogP contribution in [0.4, 0.5) is 13.2 Å². The molecule has 0 spiro atoms. The summed E-state index contributed by atoms with van der Waals surface area (Å²) < 4.78 is 46.6. The largest absolute Gasteiger partial charge is 0.573 e. The first-order valence-corrected chi connectivity index (χ1v) is 8.85. The van der Waals surface area contributed by atoms with E-state index in [-0.39, 0.29) is 36.3 Å². The van der Waals surface area contributed by atoms with Crippen LogP contribution in [-0.4, -0.2) is 60.5 Å². The molecular formula is C18H23F3IN5O2. The number of nitrogens with one attached hydrogen (secondary N) is 1. The maximum Gasteiger partial charge on any atom is 0.573 e. The van der Waals surface area contributed by atoms with Gasteiger partial charge in [0, 0.05) is 57.9 Å². The van der Waals surface area contributed by atoms with Crippen molar-refractivity contribution in [1.29, 1.82) is 0 Å². The first-order chi connectivity index (χ1) is 13.4. The quantitative estimate of drug-likeness (QED) is 0.368. The van der Waals surface area contributed by atoms with Gasteiger partial charge in [0.25, 0.3) is 0 Å². The third kappa shape index (κ3) is 7.07. The molecule has 0 saturated carbocycles. The van der Waals surface area contributed by atoms with Crippen LogP contribution in [0.5, 0.6) is 5.75 Å². The van der Waals surface area contributed by atoms with Crippen LogP contribution in [0.1, 0.15) is 11.3 Å². The Morgan fingerprint density at radius 1 is 1.21 bits per heavy atom. The van der Waals surface area contributed by atoms with Crippen molar-refractivity contribution in [3.63, 3.8) is 0 Å². The minimum atomic E-state index is -4.72. The predicted octanol–water partition coefficient (Wildman–Crippen LogP) is 3.08. The van der Waals surface area contributed by atoms with Crippen LogP contribution >= 0.6 is 24.0 Å². The Labute approximate surface area is 183 Å². The van der Waals surface area contributed by atoms with E-state index >= 15 is 0 Å². The zero-order chi connectivity index (χ0) is 20.0. The molecule has 2 aromatic rings. The Morgan fingerprint density at radius 3 is 2.55 bits per heavy atom. The Morgan fingerprint density at radius 2 is 1.93 bits per heavy atom. The van der Waals surface area contributed by atoms with Gasteiger partial charge in [0.2, 0.25) is 0 Å². The molecule has 1 saturated heterocycles. The van der Waals surface area contributed by atoms with Crippen LogP contribution in [0.2, 0.25) is 0 Å². The lowest BCUT2D eigenvalue weighted by atomic mass is 10.2. The van der Waals surface area contributed by atoms with Crippen LogP contribution in [-0.2, 0) is 13.1 Å². The lowest BCUT2D eigenvalue weighted by molar-refractivity contribution is -0.274. The highest BCUT2D eigenvalue weighted by Crippen LogP contribution is 2.26. The molecule has 1 N–H and O–H groups in total. The van der Waals surface area contributed by atoms with E-state index in [0.29, 0.717) is 11.5 Å². The van der Waals surface area contributed by atoms with Gasteiger partial charge in [0.05, 0.1) is 5.69 Å². The van der Waals surface area contributed by atoms with Gasteiger partial charge in [-0.1, -0.05) is 23.4 Å². The Bertz CT molecular complexity index is 778. The Hall–Kier alpha value is -2.02. The third-order valence-corrected chi connectivity index (χ3v) is 4.40. The van der Waals surface area contributed by atoms with Crippen LogP contribution in [0, 0.1) is 0 Å². The van der Waals surface area contributed by atoms with E-state index in [1.165, 1.54) is 12.1 Å². The summed E-state index contributed by atoms with van der Waals surface area (Å²) in [6.45, 7) is 4.04. The van der Waals surface area contributed by atoms with Crippen molar-refractivity contribution >= 4 is 29.9 Å². The van der Waals surface area contributed by atoms with Gasteiger partial charge in [-0.15, -0.1) is 37.1 Å². The molecule has 160 valence electrons. The molecule has 0 atom stereocenters. The normalized spacial score (nSPS) is 15.7. The average Bonchev–Trinajstić information content (AvgIpc) is 3.16. The van der Waals surface area contributed by atoms with Gasteiger partial charge in [0.1, 0.15) is 12.0 Å². The maximum absolute atomic E-state index is 12.6. The van der Waals surface area contributed by atoms with Crippen LogP contribution in [0.25, 0.3) is 0 Å². The highest BCUT2D eigenvalue weighted by molar-refractivity contribution is 14.0. The van der Waals surface area contributed by atoms with Gasteiger partial charge in [-0.3, -0.25) is 9.89 Å². The molecule has 0 bridgehead atoms. The summed E-state index contributed by atoms with van der Waals surface area (Å²) in [5, 5.41) is 7.04. The highest BCUT2D eigenvalue weighted by atomic mass is 127. The number of halogens is 4. The van der Waals surface area contributed by atoms with Crippen LogP contribution in [0.15, 0.2) is 46.1 Å². The molecule has 11 heteroatoms. The number of aromatic nitrogens is 1. The summed E-state index contributed by atoms with van der Waals surface area (Å²) in [5.74, 6) is 0.429. The van der Waals surface area contributed by atoms with E-state index in [4.69, 9.17) is 4.52 Å². The van der Waals surface area contributed by atoms with Gasteiger partial charge in [-0.05, 0) is 6.07 Å². The maximum atomic E-state index is 12.6. The van der Waals surface area contributed by atoms with Crippen molar-refractivity contribution in [3.8, 4) is 5.75 Å². The minimum absolute atomic E-state index is 0. The molecule has 0 amide bonds. The summed E-state index contributed by atoms with van der Waals surface area (Å²) >= 11 is 0. The number of guanidine groups is 1.